The van der Waals surface area contributed by atoms with Crippen LogP contribution in [0.1, 0.15) is 200 Å². The highest BCUT2D eigenvalue weighted by molar-refractivity contribution is 5.69. The van der Waals surface area contributed by atoms with Crippen LogP contribution in [0.2, 0.25) is 0 Å². The van der Waals surface area contributed by atoms with Gasteiger partial charge in [-0.3, -0.25) is 9.59 Å². The molecule has 0 aromatic rings. The summed E-state index contributed by atoms with van der Waals surface area (Å²) in [5, 5.41) is 18.2. The number of hydrogen-bond donors (Lipinski definition) is 2. The molecule has 0 aliphatic rings. The molecule has 2 N–H and O–H groups in total. The van der Waals surface area contributed by atoms with Gasteiger partial charge in [0.05, 0.1) is 5.92 Å². The van der Waals surface area contributed by atoms with Crippen molar-refractivity contribution in [2.75, 3.05) is 0 Å². The lowest BCUT2D eigenvalue weighted by Crippen LogP contribution is -2.13. The average molecular weight is 565 g/mol. The largest absolute Gasteiger partial charge is 0.481 e. The zero-order valence-electron chi connectivity index (χ0n) is 26.7. The Labute approximate surface area is 249 Å². The van der Waals surface area contributed by atoms with Gasteiger partial charge in [-0.1, -0.05) is 160 Å². The summed E-state index contributed by atoms with van der Waals surface area (Å²) in [4.78, 5) is 22.1. The molecule has 0 amide bonds. The summed E-state index contributed by atoms with van der Waals surface area (Å²) in [7, 11) is 0. The van der Waals surface area contributed by atoms with Crippen LogP contribution in [-0.4, -0.2) is 22.2 Å². The normalized spacial score (nSPS) is 12.3. The van der Waals surface area contributed by atoms with E-state index in [1.807, 2.05) is 0 Å². The van der Waals surface area contributed by atoms with E-state index in [-0.39, 0.29) is 5.92 Å². The molecule has 4 heteroatoms. The third-order valence-corrected chi connectivity index (χ3v) is 8.36. The van der Waals surface area contributed by atoms with Crippen molar-refractivity contribution >= 4 is 11.9 Å². The van der Waals surface area contributed by atoms with Gasteiger partial charge in [0.2, 0.25) is 0 Å². The first-order valence-corrected chi connectivity index (χ1v) is 17.7. The molecule has 0 radical (unpaired) electrons. The number of unbranched alkanes of at least 4 members (excludes halogenated alkanes) is 24. The van der Waals surface area contributed by atoms with E-state index < -0.39 is 11.9 Å². The van der Waals surface area contributed by atoms with Crippen LogP contribution in [0.25, 0.3) is 0 Å². The lowest BCUT2D eigenvalue weighted by atomic mass is 9.94. The minimum Gasteiger partial charge on any atom is -0.481 e. The standard InChI is InChI=1S/C36H68O4/c1-2-3-4-5-6-7-8-9-13-16-19-22-25-28-31-34(36(39)40)32-29-26-23-20-17-14-11-10-12-15-18-21-24-27-30-33-35(37)38/h10,12,34H,2-9,11,13-33H2,1H3,(H,37,38)(H,39,40). The summed E-state index contributed by atoms with van der Waals surface area (Å²) in [5.41, 5.74) is 0. The summed E-state index contributed by atoms with van der Waals surface area (Å²) in [5.74, 6) is -1.40. The molecule has 0 rings (SSSR count). The number of rotatable bonds is 33. The predicted octanol–water partition coefficient (Wildman–Crippen LogP) is 12.1. The fraction of sp³-hybridized carbons (Fsp3) is 0.889. The number of allylic oxidation sites excluding steroid dienone is 2. The lowest BCUT2D eigenvalue weighted by molar-refractivity contribution is -0.142. The topological polar surface area (TPSA) is 74.6 Å². The first-order chi connectivity index (χ1) is 19.6. The van der Waals surface area contributed by atoms with Crippen molar-refractivity contribution in [3.8, 4) is 0 Å². The van der Waals surface area contributed by atoms with Gasteiger partial charge in [0.1, 0.15) is 0 Å². The second-order valence-electron chi connectivity index (χ2n) is 12.3. The Balaban J connectivity index is 3.44. The van der Waals surface area contributed by atoms with Crippen LogP contribution < -0.4 is 0 Å². The molecule has 0 saturated carbocycles. The Kier molecular flexibility index (Phi) is 31.1. The molecule has 0 aliphatic carbocycles. The van der Waals surface area contributed by atoms with Gasteiger partial charge in [0.25, 0.3) is 0 Å². The van der Waals surface area contributed by atoms with Crippen molar-refractivity contribution in [2.45, 2.75) is 200 Å². The van der Waals surface area contributed by atoms with Crippen LogP contribution in [0.3, 0.4) is 0 Å². The van der Waals surface area contributed by atoms with Gasteiger partial charge in [-0.05, 0) is 44.9 Å². The molecule has 0 aliphatic heterocycles. The summed E-state index contributed by atoms with van der Waals surface area (Å²) in [6.07, 6.45) is 40.4. The molecule has 1 atom stereocenters. The van der Waals surface area contributed by atoms with Gasteiger partial charge in [0, 0.05) is 6.42 Å². The Morgan fingerprint density at radius 2 is 0.800 bits per heavy atom. The lowest BCUT2D eigenvalue weighted by Gasteiger charge is -2.12. The smallest absolute Gasteiger partial charge is 0.306 e. The molecule has 40 heavy (non-hydrogen) atoms. The fourth-order valence-electron chi connectivity index (χ4n) is 5.64. The number of carboxylic acids is 2. The third-order valence-electron chi connectivity index (χ3n) is 8.36. The molecule has 1 unspecified atom stereocenters. The van der Waals surface area contributed by atoms with Crippen molar-refractivity contribution in [2.24, 2.45) is 5.92 Å². The van der Waals surface area contributed by atoms with E-state index in [1.54, 1.807) is 0 Å². The van der Waals surface area contributed by atoms with E-state index in [0.29, 0.717) is 6.42 Å². The van der Waals surface area contributed by atoms with Crippen LogP contribution in [0.4, 0.5) is 0 Å². The Hall–Kier alpha value is -1.32. The maximum absolute atomic E-state index is 11.7. The molecular formula is C36H68O4. The van der Waals surface area contributed by atoms with E-state index in [2.05, 4.69) is 19.1 Å². The van der Waals surface area contributed by atoms with Gasteiger partial charge in [-0.25, -0.2) is 0 Å². The van der Waals surface area contributed by atoms with Crippen LogP contribution in [-0.2, 0) is 9.59 Å². The monoisotopic (exact) mass is 565 g/mol. The maximum atomic E-state index is 11.7. The summed E-state index contributed by atoms with van der Waals surface area (Å²) < 4.78 is 0. The van der Waals surface area contributed by atoms with Crippen molar-refractivity contribution in [1.29, 1.82) is 0 Å². The number of carbonyl (C=O) groups is 2. The number of hydrogen-bond acceptors (Lipinski definition) is 2. The van der Waals surface area contributed by atoms with Gasteiger partial charge >= 0.3 is 11.9 Å². The van der Waals surface area contributed by atoms with E-state index in [4.69, 9.17) is 5.11 Å². The minimum absolute atomic E-state index is 0.132. The fourth-order valence-corrected chi connectivity index (χ4v) is 5.64. The molecule has 0 heterocycles. The van der Waals surface area contributed by atoms with Crippen molar-refractivity contribution < 1.29 is 19.8 Å². The van der Waals surface area contributed by atoms with Crippen molar-refractivity contribution in [3.05, 3.63) is 12.2 Å². The average Bonchev–Trinajstić information content (AvgIpc) is 2.93. The third kappa shape index (κ3) is 31.2. The van der Waals surface area contributed by atoms with Crippen LogP contribution >= 0.6 is 0 Å². The zero-order valence-corrected chi connectivity index (χ0v) is 26.7. The van der Waals surface area contributed by atoms with Gasteiger partial charge < -0.3 is 10.2 Å². The summed E-state index contributed by atoms with van der Waals surface area (Å²) in [6, 6.07) is 0. The second kappa shape index (κ2) is 32.2. The van der Waals surface area contributed by atoms with Gasteiger partial charge in [0.15, 0.2) is 0 Å². The quantitative estimate of drug-likeness (QED) is 0.0614. The minimum atomic E-state index is -0.680. The van der Waals surface area contributed by atoms with Crippen LogP contribution in [0.15, 0.2) is 12.2 Å². The van der Waals surface area contributed by atoms with E-state index in [9.17, 15) is 14.7 Å². The van der Waals surface area contributed by atoms with Gasteiger partial charge in [-0.2, -0.15) is 0 Å². The predicted molar refractivity (Wildman–Crippen MR) is 172 cm³/mol. The molecule has 0 spiro atoms. The first-order valence-electron chi connectivity index (χ1n) is 17.7. The number of carboxylic acid groups (broad SMARTS) is 2. The first kappa shape index (κ1) is 38.7. The molecular weight excluding hydrogens is 496 g/mol. The Bertz CT molecular complexity index is 571. The highest BCUT2D eigenvalue weighted by atomic mass is 16.4. The molecule has 0 aromatic heterocycles. The van der Waals surface area contributed by atoms with E-state index in [1.165, 1.54) is 135 Å². The second-order valence-corrected chi connectivity index (χ2v) is 12.3. The zero-order chi connectivity index (χ0) is 29.4. The maximum Gasteiger partial charge on any atom is 0.306 e. The van der Waals surface area contributed by atoms with E-state index >= 15 is 0 Å². The number of aliphatic carboxylic acids is 2. The Morgan fingerprint density at radius 1 is 0.475 bits per heavy atom. The SMILES string of the molecule is CCCCCCCCCCCCCCCCC(CCCCCCCCC=CCCCCCCCC(=O)O)C(=O)O. The summed E-state index contributed by atoms with van der Waals surface area (Å²) >= 11 is 0. The molecule has 0 aromatic carbocycles. The van der Waals surface area contributed by atoms with Crippen molar-refractivity contribution in [3.63, 3.8) is 0 Å². The van der Waals surface area contributed by atoms with Crippen LogP contribution in [0, 0.1) is 5.92 Å². The van der Waals surface area contributed by atoms with Gasteiger partial charge in [-0.15, -0.1) is 0 Å². The molecule has 0 bridgehead atoms. The molecule has 0 saturated heterocycles. The van der Waals surface area contributed by atoms with Crippen molar-refractivity contribution in [1.82, 2.24) is 0 Å². The molecule has 4 nitrogen and oxygen atoms in total. The summed E-state index contributed by atoms with van der Waals surface area (Å²) in [6.45, 7) is 2.28. The molecule has 0 fully saturated rings. The highest BCUT2D eigenvalue weighted by Crippen LogP contribution is 2.20. The van der Waals surface area contributed by atoms with E-state index in [0.717, 1.165) is 51.4 Å². The highest BCUT2D eigenvalue weighted by Gasteiger charge is 2.16. The van der Waals surface area contributed by atoms with Crippen LogP contribution in [0.5, 0.6) is 0 Å². The Morgan fingerprint density at radius 3 is 1.15 bits per heavy atom. The molecule has 236 valence electrons.